The van der Waals surface area contributed by atoms with Crippen molar-refractivity contribution in [3.05, 3.63) is 70.3 Å². The van der Waals surface area contributed by atoms with Crippen LogP contribution in [0.25, 0.3) is 0 Å². The molecule has 1 aliphatic rings. The summed E-state index contributed by atoms with van der Waals surface area (Å²) in [5.41, 5.74) is 1.27. The maximum atomic E-state index is 12.4. The first-order valence-electron chi connectivity index (χ1n) is 7.90. The van der Waals surface area contributed by atoms with Gasteiger partial charge in [-0.05, 0) is 11.6 Å². The monoisotopic (exact) mass is 339 g/mol. The average Bonchev–Trinajstić information content (AvgIpc) is 2.97. The summed E-state index contributed by atoms with van der Waals surface area (Å²) in [4.78, 5) is 36.5. The van der Waals surface area contributed by atoms with Crippen LogP contribution in [0.1, 0.15) is 12.0 Å². The maximum Gasteiger partial charge on any atom is 0.271 e. The van der Waals surface area contributed by atoms with Crippen molar-refractivity contribution >= 4 is 23.2 Å². The Morgan fingerprint density at radius 1 is 1.20 bits per heavy atom. The number of nitro benzene ring substituents is 1. The summed E-state index contributed by atoms with van der Waals surface area (Å²) in [7, 11) is 0. The molecule has 0 bridgehead atoms. The smallest absolute Gasteiger partial charge is 0.271 e. The van der Waals surface area contributed by atoms with E-state index in [0.29, 0.717) is 18.8 Å². The van der Waals surface area contributed by atoms with Crippen LogP contribution in [0.15, 0.2) is 54.6 Å². The Hall–Kier alpha value is -3.22. The number of nitrogens with one attached hydrogen (secondary N) is 1. The third-order valence-electron chi connectivity index (χ3n) is 4.13. The van der Waals surface area contributed by atoms with E-state index >= 15 is 0 Å². The van der Waals surface area contributed by atoms with Crippen molar-refractivity contribution in [1.82, 2.24) is 4.90 Å². The lowest BCUT2D eigenvalue weighted by Gasteiger charge is -2.16. The molecule has 1 fully saturated rings. The van der Waals surface area contributed by atoms with Crippen molar-refractivity contribution in [3.63, 3.8) is 0 Å². The van der Waals surface area contributed by atoms with Crippen LogP contribution in [0.4, 0.5) is 11.4 Å². The van der Waals surface area contributed by atoms with E-state index in [0.717, 1.165) is 5.56 Å². The molecule has 128 valence electrons. The number of carbonyl (C=O) groups excluding carboxylic acids is 2. The molecule has 0 radical (unpaired) electrons. The molecule has 7 nitrogen and oxygen atoms in total. The zero-order valence-corrected chi connectivity index (χ0v) is 13.4. The van der Waals surface area contributed by atoms with Crippen LogP contribution in [0, 0.1) is 16.0 Å². The van der Waals surface area contributed by atoms with E-state index in [9.17, 15) is 19.7 Å². The predicted molar refractivity (Wildman–Crippen MR) is 91.7 cm³/mol. The third-order valence-corrected chi connectivity index (χ3v) is 4.13. The van der Waals surface area contributed by atoms with Crippen molar-refractivity contribution in [2.75, 3.05) is 11.9 Å². The fraction of sp³-hybridized carbons (Fsp3) is 0.222. The number of benzene rings is 2. The number of nitro groups is 1. The zero-order valence-electron chi connectivity index (χ0n) is 13.4. The number of hydrogen-bond donors (Lipinski definition) is 1. The summed E-state index contributed by atoms with van der Waals surface area (Å²) < 4.78 is 0. The first-order chi connectivity index (χ1) is 12.0. The van der Waals surface area contributed by atoms with Crippen LogP contribution in [0.5, 0.6) is 0 Å². The SMILES string of the molecule is O=C(Nc1cccc([N+](=O)[O-])c1)[C@@H]1CC(=O)N(Cc2ccccc2)C1. The number of carbonyl (C=O) groups is 2. The lowest BCUT2D eigenvalue weighted by atomic mass is 10.1. The fourth-order valence-electron chi connectivity index (χ4n) is 2.85. The van der Waals surface area contributed by atoms with Gasteiger partial charge in [0.1, 0.15) is 0 Å². The van der Waals surface area contributed by atoms with Gasteiger partial charge in [0.2, 0.25) is 11.8 Å². The molecule has 1 aliphatic heterocycles. The topological polar surface area (TPSA) is 92.5 Å². The highest BCUT2D eigenvalue weighted by Gasteiger charge is 2.34. The molecule has 0 aromatic heterocycles. The Kier molecular flexibility index (Phi) is 4.74. The summed E-state index contributed by atoms with van der Waals surface area (Å²) in [6, 6.07) is 15.3. The van der Waals surface area contributed by atoms with E-state index in [1.165, 1.54) is 18.2 Å². The highest BCUT2D eigenvalue weighted by Crippen LogP contribution is 2.23. The molecule has 0 aliphatic carbocycles. The molecule has 2 amide bonds. The number of rotatable bonds is 5. The normalized spacial score (nSPS) is 16.7. The van der Waals surface area contributed by atoms with Gasteiger partial charge in [-0.25, -0.2) is 0 Å². The molecule has 7 heteroatoms. The molecule has 25 heavy (non-hydrogen) atoms. The van der Waals surface area contributed by atoms with Gasteiger partial charge in [-0.2, -0.15) is 0 Å². The maximum absolute atomic E-state index is 12.4. The van der Waals surface area contributed by atoms with Crippen LogP contribution >= 0.6 is 0 Å². The minimum Gasteiger partial charge on any atom is -0.338 e. The highest BCUT2D eigenvalue weighted by atomic mass is 16.6. The van der Waals surface area contributed by atoms with Gasteiger partial charge in [0.05, 0.1) is 10.8 Å². The van der Waals surface area contributed by atoms with Crippen LogP contribution in [0.3, 0.4) is 0 Å². The molecule has 0 spiro atoms. The van der Waals surface area contributed by atoms with Gasteiger partial charge in [-0.3, -0.25) is 19.7 Å². The minimum atomic E-state index is -0.518. The molecule has 3 rings (SSSR count). The largest absolute Gasteiger partial charge is 0.338 e. The second kappa shape index (κ2) is 7.12. The van der Waals surface area contributed by atoms with Gasteiger partial charge in [-0.15, -0.1) is 0 Å². The van der Waals surface area contributed by atoms with E-state index in [1.807, 2.05) is 30.3 Å². The number of non-ortho nitro benzene ring substituents is 1. The summed E-state index contributed by atoms with van der Waals surface area (Å²) >= 11 is 0. The Morgan fingerprint density at radius 3 is 2.68 bits per heavy atom. The van der Waals surface area contributed by atoms with Gasteiger partial charge >= 0.3 is 0 Å². The number of nitrogens with zero attached hydrogens (tertiary/aromatic N) is 2. The van der Waals surface area contributed by atoms with Crippen molar-refractivity contribution in [3.8, 4) is 0 Å². The van der Waals surface area contributed by atoms with Gasteiger partial charge < -0.3 is 10.2 Å². The number of anilines is 1. The molecule has 0 saturated carbocycles. The summed E-state index contributed by atoms with van der Waals surface area (Å²) in [5.74, 6) is -0.831. The van der Waals surface area contributed by atoms with Crippen LogP contribution in [-0.2, 0) is 16.1 Å². The standard InChI is InChI=1S/C18H17N3O4/c22-17-9-14(12-20(17)11-13-5-2-1-3-6-13)18(23)19-15-7-4-8-16(10-15)21(24)25/h1-8,10,14H,9,11-12H2,(H,19,23)/t14-/m1/s1. The van der Waals surface area contributed by atoms with Crippen LogP contribution < -0.4 is 5.32 Å². The molecule has 1 saturated heterocycles. The molecule has 2 aromatic carbocycles. The van der Waals surface area contributed by atoms with Crippen molar-refractivity contribution in [2.24, 2.45) is 5.92 Å². The Balaban J connectivity index is 1.63. The minimum absolute atomic E-state index is 0.0666. The summed E-state index contributed by atoms with van der Waals surface area (Å²) in [5, 5.41) is 13.5. The average molecular weight is 339 g/mol. The molecule has 2 aromatic rings. The van der Waals surface area contributed by atoms with E-state index in [-0.39, 0.29) is 23.9 Å². The predicted octanol–water partition coefficient (Wildman–Crippen LogP) is 2.58. The Bertz CT molecular complexity index is 807. The number of amides is 2. The Labute approximate surface area is 144 Å². The molecule has 1 heterocycles. The first kappa shape index (κ1) is 16.6. The fourth-order valence-corrected chi connectivity index (χ4v) is 2.85. The number of hydrogen-bond acceptors (Lipinski definition) is 4. The summed E-state index contributed by atoms with van der Waals surface area (Å²) in [6.45, 7) is 0.814. The van der Waals surface area contributed by atoms with Crippen LogP contribution in [-0.4, -0.2) is 28.2 Å². The van der Waals surface area contributed by atoms with Gasteiger partial charge in [0.25, 0.3) is 5.69 Å². The number of likely N-dealkylation sites (tertiary alicyclic amines) is 1. The lowest BCUT2D eigenvalue weighted by molar-refractivity contribution is -0.384. The van der Waals surface area contributed by atoms with E-state index in [1.54, 1.807) is 11.0 Å². The van der Waals surface area contributed by atoms with Gasteiger partial charge in [0.15, 0.2) is 0 Å². The van der Waals surface area contributed by atoms with Crippen molar-refractivity contribution in [1.29, 1.82) is 0 Å². The summed E-state index contributed by atoms with van der Waals surface area (Å²) in [6.07, 6.45) is 0.146. The second-order valence-corrected chi connectivity index (χ2v) is 5.96. The Morgan fingerprint density at radius 2 is 1.96 bits per heavy atom. The quantitative estimate of drug-likeness (QED) is 0.669. The lowest BCUT2D eigenvalue weighted by Crippen LogP contribution is -2.28. The van der Waals surface area contributed by atoms with Crippen molar-refractivity contribution < 1.29 is 14.5 Å². The van der Waals surface area contributed by atoms with E-state index < -0.39 is 10.8 Å². The zero-order chi connectivity index (χ0) is 17.8. The third kappa shape index (κ3) is 4.00. The van der Waals surface area contributed by atoms with E-state index in [2.05, 4.69) is 5.32 Å². The van der Waals surface area contributed by atoms with Crippen molar-refractivity contribution in [2.45, 2.75) is 13.0 Å². The molecular weight excluding hydrogens is 322 g/mol. The molecule has 1 N–H and O–H groups in total. The second-order valence-electron chi connectivity index (χ2n) is 5.96. The van der Waals surface area contributed by atoms with E-state index in [4.69, 9.17) is 0 Å². The molecule has 0 unspecified atom stereocenters. The first-order valence-corrected chi connectivity index (χ1v) is 7.90. The van der Waals surface area contributed by atoms with Crippen LogP contribution in [0.2, 0.25) is 0 Å². The van der Waals surface area contributed by atoms with Gasteiger partial charge in [-0.1, -0.05) is 36.4 Å². The molecular formula is C18H17N3O4. The highest BCUT2D eigenvalue weighted by molar-refractivity contribution is 5.97. The molecule has 1 atom stereocenters. The van der Waals surface area contributed by atoms with Gasteiger partial charge in [0, 0.05) is 37.3 Å².